The molecule has 6 nitrogen and oxygen atoms in total. The van der Waals surface area contributed by atoms with E-state index in [0.717, 1.165) is 29.7 Å². The number of halogens is 1. The molecule has 0 radical (unpaired) electrons. The van der Waals surface area contributed by atoms with Crippen molar-refractivity contribution in [1.82, 2.24) is 10.2 Å². The quantitative estimate of drug-likeness (QED) is 0.478. The summed E-state index contributed by atoms with van der Waals surface area (Å²) in [5.74, 6) is 0.288. The fraction of sp³-hybridized carbons (Fsp3) is 0.304. The Morgan fingerprint density at radius 3 is 2.42 bits per heavy atom. The molecule has 0 saturated heterocycles. The maximum Gasteiger partial charge on any atom is 0.267 e. The van der Waals surface area contributed by atoms with Crippen LogP contribution in [0, 0.1) is 0 Å². The van der Waals surface area contributed by atoms with E-state index in [9.17, 15) is 9.59 Å². The highest BCUT2D eigenvalue weighted by Crippen LogP contribution is 2.37. The van der Waals surface area contributed by atoms with Gasteiger partial charge >= 0.3 is 0 Å². The third kappa shape index (κ3) is 5.55. The topological polar surface area (TPSA) is 70.7 Å². The number of carbonyl (C=O) groups is 2. The van der Waals surface area contributed by atoms with Crippen LogP contribution >= 0.6 is 22.9 Å². The molecule has 0 spiro atoms. The first-order chi connectivity index (χ1) is 15.0. The summed E-state index contributed by atoms with van der Waals surface area (Å²) in [5, 5.41) is 7.00. The second-order valence-electron chi connectivity index (χ2n) is 6.92. The number of methoxy groups -OCH3 is 1. The van der Waals surface area contributed by atoms with Crippen LogP contribution in [0.1, 0.15) is 33.9 Å². The average Bonchev–Trinajstić information content (AvgIpc) is 3.13. The first-order valence-electron chi connectivity index (χ1n) is 10.1. The van der Waals surface area contributed by atoms with Crippen LogP contribution in [-0.4, -0.2) is 50.0 Å². The van der Waals surface area contributed by atoms with E-state index < -0.39 is 0 Å². The number of anilines is 1. The van der Waals surface area contributed by atoms with Crippen molar-refractivity contribution in [3.63, 3.8) is 0 Å². The molecule has 0 fully saturated rings. The van der Waals surface area contributed by atoms with Crippen molar-refractivity contribution in [3.8, 4) is 5.75 Å². The number of carbonyl (C=O) groups excluding carboxylic acids is 2. The van der Waals surface area contributed by atoms with Gasteiger partial charge in [0.1, 0.15) is 10.6 Å². The van der Waals surface area contributed by atoms with Gasteiger partial charge in [-0.3, -0.25) is 9.59 Å². The Hall–Kier alpha value is -2.61. The second-order valence-corrected chi connectivity index (χ2v) is 8.35. The molecule has 0 aliphatic rings. The molecule has 1 heterocycles. The third-order valence-electron chi connectivity index (χ3n) is 5.06. The molecule has 0 aliphatic carbocycles. The maximum absolute atomic E-state index is 12.7. The number of thiophene rings is 1. The van der Waals surface area contributed by atoms with Gasteiger partial charge in [0.15, 0.2) is 0 Å². The van der Waals surface area contributed by atoms with Crippen LogP contribution in [0.4, 0.5) is 5.69 Å². The van der Waals surface area contributed by atoms with E-state index in [1.807, 2.05) is 18.2 Å². The Balaban J connectivity index is 1.63. The van der Waals surface area contributed by atoms with Gasteiger partial charge in [-0.2, -0.15) is 0 Å². The van der Waals surface area contributed by atoms with Gasteiger partial charge in [-0.05, 0) is 55.6 Å². The summed E-state index contributed by atoms with van der Waals surface area (Å²) in [6, 6.07) is 12.3. The summed E-state index contributed by atoms with van der Waals surface area (Å²) in [4.78, 5) is 27.7. The fourth-order valence-electron chi connectivity index (χ4n) is 3.18. The summed E-state index contributed by atoms with van der Waals surface area (Å²) in [5.41, 5.74) is 1.14. The fourth-order valence-corrected chi connectivity index (χ4v) is 4.62. The maximum atomic E-state index is 12.7. The molecule has 0 bridgehead atoms. The van der Waals surface area contributed by atoms with E-state index in [0.29, 0.717) is 33.4 Å². The minimum atomic E-state index is -0.290. The Morgan fingerprint density at radius 1 is 1.06 bits per heavy atom. The Labute approximate surface area is 191 Å². The van der Waals surface area contributed by atoms with Crippen LogP contribution in [-0.2, 0) is 0 Å². The summed E-state index contributed by atoms with van der Waals surface area (Å²) < 4.78 is 6.11. The van der Waals surface area contributed by atoms with Gasteiger partial charge in [-0.1, -0.05) is 25.4 Å². The van der Waals surface area contributed by atoms with Crippen molar-refractivity contribution in [3.05, 3.63) is 57.9 Å². The molecule has 3 rings (SSSR count). The molecule has 2 N–H and O–H groups in total. The largest absolute Gasteiger partial charge is 0.497 e. The SMILES string of the molecule is CCN(CC)CCNC(=O)c1ccc(NC(=O)c2sc3cc(OC)ccc3c2Cl)cc1. The predicted octanol–water partition coefficient (Wildman–Crippen LogP) is 4.89. The summed E-state index contributed by atoms with van der Waals surface area (Å²) in [6.45, 7) is 7.52. The van der Waals surface area contributed by atoms with Crippen LogP contribution in [0.15, 0.2) is 42.5 Å². The van der Waals surface area contributed by atoms with E-state index >= 15 is 0 Å². The number of benzene rings is 2. The standard InChI is InChI=1S/C23H26ClN3O3S/c1-4-27(5-2)13-12-25-22(28)15-6-8-16(9-7-15)26-23(29)21-20(24)18-11-10-17(30-3)14-19(18)31-21/h6-11,14H,4-5,12-13H2,1-3H3,(H,25,28)(H,26,29). The molecule has 2 aromatic carbocycles. The molecule has 0 aliphatic heterocycles. The lowest BCUT2D eigenvalue weighted by atomic mass is 10.2. The van der Waals surface area contributed by atoms with Crippen molar-refractivity contribution < 1.29 is 14.3 Å². The number of hydrogen-bond donors (Lipinski definition) is 2. The number of fused-ring (bicyclic) bond motifs is 1. The molecular formula is C23H26ClN3O3S. The van der Waals surface area contributed by atoms with Crippen molar-refractivity contribution in [2.24, 2.45) is 0 Å². The molecule has 0 saturated carbocycles. The average molecular weight is 460 g/mol. The zero-order chi connectivity index (χ0) is 22.4. The minimum Gasteiger partial charge on any atom is -0.497 e. The highest BCUT2D eigenvalue weighted by Gasteiger charge is 2.18. The van der Waals surface area contributed by atoms with Crippen LogP contribution < -0.4 is 15.4 Å². The predicted molar refractivity (Wildman–Crippen MR) is 128 cm³/mol. The third-order valence-corrected chi connectivity index (χ3v) is 6.71. The van der Waals surface area contributed by atoms with Crippen LogP contribution in [0.5, 0.6) is 5.75 Å². The van der Waals surface area contributed by atoms with E-state index in [4.69, 9.17) is 16.3 Å². The lowest BCUT2D eigenvalue weighted by Gasteiger charge is -2.17. The smallest absolute Gasteiger partial charge is 0.267 e. The Morgan fingerprint density at radius 2 is 1.77 bits per heavy atom. The molecule has 31 heavy (non-hydrogen) atoms. The van der Waals surface area contributed by atoms with Crippen LogP contribution in [0.25, 0.3) is 10.1 Å². The highest BCUT2D eigenvalue weighted by atomic mass is 35.5. The van der Waals surface area contributed by atoms with Gasteiger partial charge in [0, 0.05) is 34.4 Å². The summed E-state index contributed by atoms with van der Waals surface area (Å²) >= 11 is 7.74. The molecule has 164 valence electrons. The van der Waals surface area contributed by atoms with Crippen molar-refractivity contribution in [1.29, 1.82) is 0 Å². The number of rotatable bonds is 9. The number of amides is 2. The van der Waals surface area contributed by atoms with Gasteiger partial charge in [0.25, 0.3) is 11.8 Å². The van der Waals surface area contributed by atoms with Gasteiger partial charge in [-0.25, -0.2) is 0 Å². The second kappa shape index (κ2) is 10.6. The van der Waals surface area contributed by atoms with Crippen molar-refractivity contribution in [2.75, 3.05) is 38.6 Å². The lowest BCUT2D eigenvalue weighted by Crippen LogP contribution is -2.34. The minimum absolute atomic E-state index is 0.133. The first kappa shape index (κ1) is 23.1. The Kier molecular flexibility index (Phi) is 7.90. The van der Waals surface area contributed by atoms with Crippen LogP contribution in [0.3, 0.4) is 0 Å². The van der Waals surface area contributed by atoms with Crippen LogP contribution in [0.2, 0.25) is 5.02 Å². The normalized spacial score (nSPS) is 11.0. The van der Waals surface area contributed by atoms with Gasteiger partial charge < -0.3 is 20.3 Å². The number of nitrogens with one attached hydrogen (secondary N) is 2. The molecule has 1 aromatic heterocycles. The number of ether oxygens (including phenoxy) is 1. The molecule has 0 unspecified atom stereocenters. The van der Waals surface area contributed by atoms with E-state index in [1.54, 1.807) is 31.4 Å². The molecular weight excluding hydrogens is 434 g/mol. The number of likely N-dealkylation sites (N-methyl/N-ethyl adjacent to an activating group) is 1. The lowest BCUT2D eigenvalue weighted by molar-refractivity contribution is 0.0948. The molecule has 0 atom stereocenters. The zero-order valence-electron chi connectivity index (χ0n) is 17.8. The molecule has 2 amide bonds. The monoisotopic (exact) mass is 459 g/mol. The van der Waals surface area contributed by atoms with E-state index in [-0.39, 0.29) is 11.8 Å². The van der Waals surface area contributed by atoms with Gasteiger partial charge in [0.2, 0.25) is 0 Å². The van der Waals surface area contributed by atoms with Crippen molar-refractivity contribution in [2.45, 2.75) is 13.8 Å². The highest BCUT2D eigenvalue weighted by molar-refractivity contribution is 7.21. The molecule has 8 heteroatoms. The summed E-state index contributed by atoms with van der Waals surface area (Å²) in [6.07, 6.45) is 0. The Bertz CT molecular complexity index is 1060. The number of hydrogen-bond acceptors (Lipinski definition) is 5. The van der Waals surface area contributed by atoms with Gasteiger partial charge in [0.05, 0.1) is 12.1 Å². The first-order valence-corrected chi connectivity index (χ1v) is 11.3. The number of nitrogens with zero attached hydrogens (tertiary/aromatic N) is 1. The van der Waals surface area contributed by atoms with E-state index in [2.05, 4.69) is 29.4 Å². The van der Waals surface area contributed by atoms with Crippen molar-refractivity contribution >= 4 is 50.5 Å². The molecule has 3 aromatic rings. The van der Waals surface area contributed by atoms with Gasteiger partial charge in [-0.15, -0.1) is 11.3 Å². The van der Waals surface area contributed by atoms with E-state index in [1.165, 1.54) is 11.3 Å². The summed E-state index contributed by atoms with van der Waals surface area (Å²) in [7, 11) is 1.60. The zero-order valence-corrected chi connectivity index (χ0v) is 19.4.